The van der Waals surface area contributed by atoms with Crippen LogP contribution in [0.3, 0.4) is 0 Å². The van der Waals surface area contributed by atoms with Gasteiger partial charge >= 0.3 is 0 Å². The lowest BCUT2D eigenvalue weighted by Gasteiger charge is -2.16. The predicted molar refractivity (Wildman–Crippen MR) is 109 cm³/mol. The second-order valence-electron chi connectivity index (χ2n) is 6.49. The monoisotopic (exact) mass is 410 g/mol. The molecule has 0 aliphatic carbocycles. The Hall–Kier alpha value is -3.45. The Balaban J connectivity index is 1.91. The highest BCUT2D eigenvalue weighted by Gasteiger charge is 2.28. The second-order valence-corrected chi connectivity index (χ2v) is 6.90. The molecule has 0 saturated carbocycles. The molecule has 0 radical (unpaired) electrons. The second kappa shape index (κ2) is 8.70. The minimum absolute atomic E-state index is 0.135. The van der Waals surface area contributed by atoms with Crippen LogP contribution in [0.15, 0.2) is 60.8 Å². The smallest absolute Gasteiger partial charge is 0.287 e. The lowest BCUT2D eigenvalue weighted by atomic mass is 10.0. The molecule has 0 fully saturated rings. The molecule has 0 saturated heterocycles. The van der Waals surface area contributed by atoms with E-state index in [-0.39, 0.29) is 12.0 Å². The van der Waals surface area contributed by atoms with E-state index in [2.05, 4.69) is 10.4 Å². The topological polar surface area (TPSA) is 107 Å². The quantitative estimate of drug-likeness (QED) is 0.582. The van der Waals surface area contributed by atoms with Gasteiger partial charge in [-0.2, -0.15) is 5.10 Å². The van der Waals surface area contributed by atoms with Crippen LogP contribution in [-0.4, -0.2) is 33.4 Å². The highest BCUT2D eigenvalue weighted by atomic mass is 35.5. The highest BCUT2D eigenvalue weighted by Crippen LogP contribution is 2.29. The van der Waals surface area contributed by atoms with Gasteiger partial charge in [0.2, 0.25) is 5.78 Å². The van der Waals surface area contributed by atoms with Gasteiger partial charge in [0.15, 0.2) is 0 Å². The number of nitrogens with zero attached hydrogens (tertiary/aromatic N) is 2. The first-order valence-corrected chi connectivity index (χ1v) is 9.21. The number of nitrogens with one attached hydrogen (secondary N) is 1. The molecule has 0 aliphatic heterocycles. The van der Waals surface area contributed by atoms with Crippen LogP contribution in [-0.2, 0) is 23.1 Å². The van der Waals surface area contributed by atoms with Crippen molar-refractivity contribution in [1.29, 1.82) is 0 Å². The van der Waals surface area contributed by atoms with Crippen molar-refractivity contribution in [1.82, 2.24) is 15.1 Å². The minimum Gasteiger partial charge on any atom is -0.363 e. The number of Topliss-reactive ketones (excluding diaryl/α,β-unsaturated/α-hetero) is 1. The van der Waals surface area contributed by atoms with Crippen molar-refractivity contribution in [2.45, 2.75) is 12.5 Å². The van der Waals surface area contributed by atoms with Crippen LogP contribution in [0, 0.1) is 0 Å². The highest BCUT2D eigenvalue weighted by molar-refractivity contribution is 6.38. The van der Waals surface area contributed by atoms with Crippen LogP contribution in [0.2, 0.25) is 5.02 Å². The number of primary amides is 1. The maximum Gasteiger partial charge on any atom is 0.287 e. The third kappa shape index (κ3) is 4.70. The zero-order chi connectivity index (χ0) is 21.0. The lowest BCUT2D eigenvalue weighted by Crippen LogP contribution is -2.47. The number of hydrogen-bond acceptors (Lipinski definition) is 4. The summed E-state index contributed by atoms with van der Waals surface area (Å²) in [7, 11) is 1.67. The number of benzene rings is 2. The summed E-state index contributed by atoms with van der Waals surface area (Å²) < 4.78 is 1.48. The lowest BCUT2D eigenvalue weighted by molar-refractivity contribution is -0.137. The van der Waals surface area contributed by atoms with Gasteiger partial charge in [0.05, 0.1) is 10.6 Å². The van der Waals surface area contributed by atoms with Crippen molar-refractivity contribution in [3.05, 3.63) is 76.9 Å². The van der Waals surface area contributed by atoms with E-state index in [0.29, 0.717) is 16.3 Å². The van der Waals surface area contributed by atoms with Gasteiger partial charge in [0.1, 0.15) is 11.7 Å². The summed E-state index contributed by atoms with van der Waals surface area (Å²) in [6.45, 7) is 0. The Morgan fingerprint density at radius 1 is 1.10 bits per heavy atom. The van der Waals surface area contributed by atoms with E-state index in [1.54, 1.807) is 55.6 Å². The number of halogens is 1. The Kier molecular flexibility index (Phi) is 6.09. The molecule has 8 heteroatoms. The first-order chi connectivity index (χ1) is 13.9. The summed E-state index contributed by atoms with van der Waals surface area (Å²) in [5.41, 5.74) is 7.15. The van der Waals surface area contributed by atoms with Crippen LogP contribution in [0.4, 0.5) is 0 Å². The molecule has 7 nitrogen and oxygen atoms in total. The summed E-state index contributed by atoms with van der Waals surface area (Å²) in [6.07, 6.45) is 1.67. The van der Waals surface area contributed by atoms with Crippen molar-refractivity contribution >= 4 is 29.2 Å². The van der Waals surface area contributed by atoms with Crippen molar-refractivity contribution < 1.29 is 14.4 Å². The van der Waals surface area contributed by atoms with Crippen molar-refractivity contribution in [3.8, 4) is 11.3 Å². The molecule has 3 N–H and O–H groups in total. The third-order valence-corrected chi connectivity index (χ3v) is 4.68. The van der Waals surface area contributed by atoms with Crippen LogP contribution in [0.5, 0.6) is 0 Å². The SMILES string of the molecule is Cn1cc(C(=O)NC(Cc2ccccc2)C(=O)C(N)=O)c(-c2ccccc2Cl)n1. The van der Waals surface area contributed by atoms with Gasteiger partial charge < -0.3 is 11.1 Å². The zero-order valence-electron chi connectivity index (χ0n) is 15.6. The summed E-state index contributed by atoms with van der Waals surface area (Å²) in [4.78, 5) is 36.8. The number of amides is 2. The van der Waals surface area contributed by atoms with Crippen molar-refractivity contribution in [2.75, 3.05) is 0 Å². The van der Waals surface area contributed by atoms with Gasteiger partial charge in [-0.05, 0) is 11.6 Å². The molecule has 1 heterocycles. The van der Waals surface area contributed by atoms with Gasteiger partial charge in [-0.25, -0.2) is 0 Å². The van der Waals surface area contributed by atoms with Gasteiger partial charge in [0.25, 0.3) is 11.8 Å². The minimum atomic E-state index is -1.11. The third-order valence-electron chi connectivity index (χ3n) is 4.35. The van der Waals surface area contributed by atoms with E-state index in [1.165, 1.54) is 10.9 Å². The Morgan fingerprint density at radius 3 is 2.41 bits per heavy atom. The number of ketones is 1. The van der Waals surface area contributed by atoms with E-state index in [0.717, 1.165) is 5.56 Å². The molecule has 2 aromatic carbocycles. The maximum absolute atomic E-state index is 13.0. The Bertz CT molecular complexity index is 1060. The first-order valence-electron chi connectivity index (χ1n) is 8.83. The largest absolute Gasteiger partial charge is 0.363 e. The molecule has 3 rings (SSSR count). The Morgan fingerprint density at radius 2 is 1.76 bits per heavy atom. The molecule has 2 amide bonds. The molecule has 3 aromatic rings. The molecule has 1 unspecified atom stereocenters. The number of aryl methyl sites for hydroxylation is 1. The summed E-state index contributed by atoms with van der Waals surface area (Å²) in [5, 5.41) is 7.39. The average Bonchev–Trinajstić information content (AvgIpc) is 3.09. The Labute approximate surface area is 172 Å². The normalized spacial score (nSPS) is 11.7. The fourth-order valence-corrected chi connectivity index (χ4v) is 3.20. The number of rotatable bonds is 7. The molecule has 0 bridgehead atoms. The molecule has 1 atom stereocenters. The van der Waals surface area contributed by atoms with Gasteiger partial charge in [-0.3, -0.25) is 19.1 Å². The zero-order valence-corrected chi connectivity index (χ0v) is 16.4. The summed E-state index contributed by atoms with van der Waals surface area (Å²) >= 11 is 6.25. The summed E-state index contributed by atoms with van der Waals surface area (Å²) in [5.74, 6) is -2.53. The number of aromatic nitrogens is 2. The van der Waals surface area contributed by atoms with Gasteiger partial charge in [0, 0.05) is 25.2 Å². The van der Waals surface area contributed by atoms with Crippen molar-refractivity contribution in [3.63, 3.8) is 0 Å². The maximum atomic E-state index is 13.0. The number of carbonyl (C=O) groups is 3. The fourth-order valence-electron chi connectivity index (χ4n) is 2.97. The van der Waals surface area contributed by atoms with Crippen LogP contribution < -0.4 is 11.1 Å². The first kappa shape index (κ1) is 20.3. The molecular formula is C21H19ClN4O3. The van der Waals surface area contributed by atoms with E-state index in [9.17, 15) is 14.4 Å². The van der Waals surface area contributed by atoms with E-state index in [4.69, 9.17) is 17.3 Å². The molecule has 1 aromatic heterocycles. The number of carbonyl (C=O) groups excluding carboxylic acids is 3. The molecular weight excluding hydrogens is 392 g/mol. The van der Waals surface area contributed by atoms with Crippen LogP contribution in [0.25, 0.3) is 11.3 Å². The molecule has 0 aliphatic rings. The van der Waals surface area contributed by atoms with Crippen LogP contribution >= 0.6 is 11.6 Å². The van der Waals surface area contributed by atoms with E-state index < -0.39 is 23.6 Å². The van der Waals surface area contributed by atoms with Gasteiger partial charge in [-0.15, -0.1) is 0 Å². The average molecular weight is 411 g/mol. The van der Waals surface area contributed by atoms with Crippen LogP contribution in [0.1, 0.15) is 15.9 Å². The predicted octanol–water partition coefficient (Wildman–Crippen LogP) is 2.14. The van der Waals surface area contributed by atoms with E-state index in [1.807, 2.05) is 6.07 Å². The standard InChI is InChI=1S/C21H19ClN4O3/c1-26-12-15(18(25-26)14-9-5-6-10-16(14)22)21(29)24-17(19(27)20(23)28)11-13-7-3-2-4-8-13/h2-10,12,17H,11H2,1H3,(H2,23,28)(H,24,29). The van der Waals surface area contributed by atoms with E-state index >= 15 is 0 Å². The van der Waals surface area contributed by atoms with Crippen molar-refractivity contribution in [2.24, 2.45) is 12.8 Å². The number of nitrogens with two attached hydrogens (primary N) is 1. The molecule has 0 spiro atoms. The van der Waals surface area contributed by atoms with Gasteiger partial charge in [-0.1, -0.05) is 60.1 Å². The number of hydrogen-bond donors (Lipinski definition) is 2. The molecule has 29 heavy (non-hydrogen) atoms. The fraction of sp³-hybridized carbons (Fsp3) is 0.143. The molecule has 148 valence electrons. The summed E-state index contributed by atoms with van der Waals surface area (Å²) in [6, 6.07) is 14.9.